The molecule has 0 radical (unpaired) electrons. The highest BCUT2D eigenvalue weighted by molar-refractivity contribution is 5.94. The van der Waals surface area contributed by atoms with Crippen molar-refractivity contribution in [1.82, 2.24) is 0 Å². The molecule has 0 saturated carbocycles. The van der Waals surface area contributed by atoms with Crippen LogP contribution in [0.5, 0.6) is 0 Å². The van der Waals surface area contributed by atoms with Gasteiger partial charge in [-0.2, -0.15) is 0 Å². The van der Waals surface area contributed by atoms with Gasteiger partial charge in [0.25, 0.3) is 0 Å². The number of halogens is 2. The second kappa shape index (κ2) is 5.69. The van der Waals surface area contributed by atoms with Crippen molar-refractivity contribution in [1.29, 1.82) is 0 Å². The number of hydrogen-bond acceptors (Lipinski definition) is 2. The number of aromatic carboxylic acids is 1. The number of carboxylic acids is 1. The van der Waals surface area contributed by atoms with Crippen LogP contribution in [0.3, 0.4) is 0 Å². The van der Waals surface area contributed by atoms with Crippen molar-refractivity contribution >= 4 is 11.7 Å². The van der Waals surface area contributed by atoms with Crippen molar-refractivity contribution in [2.45, 2.75) is 13.0 Å². The number of anilines is 1. The fourth-order valence-electron chi connectivity index (χ4n) is 1.89. The first-order valence-corrected chi connectivity index (χ1v) is 6.03. The maximum Gasteiger partial charge on any atom is 0.337 e. The predicted octanol–water partition coefficient (Wildman–Crippen LogP) is 3.84. The molecule has 0 aromatic heterocycles. The number of nitrogens with one attached hydrogen (secondary N) is 1. The summed E-state index contributed by atoms with van der Waals surface area (Å²) >= 11 is 0. The van der Waals surface area contributed by atoms with E-state index in [9.17, 15) is 13.6 Å². The molecule has 2 aromatic rings. The lowest BCUT2D eigenvalue weighted by Gasteiger charge is -2.17. The maximum atomic E-state index is 13.2. The molecule has 3 nitrogen and oxygen atoms in total. The van der Waals surface area contributed by atoms with Gasteiger partial charge in [0.2, 0.25) is 0 Å². The molecule has 2 aromatic carbocycles. The fourth-order valence-corrected chi connectivity index (χ4v) is 1.89. The van der Waals surface area contributed by atoms with Gasteiger partial charge in [-0.15, -0.1) is 0 Å². The summed E-state index contributed by atoms with van der Waals surface area (Å²) in [6.45, 7) is 1.74. The monoisotopic (exact) mass is 277 g/mol. The van der Waals surface area contributed by atoms with Crippen LogP contribution in [0.2, 0.25) is 0 Å². The van der Waals surface area contributed by atoms with Crippen LogP contribution in [0.4, 0.5) is 14.5 Å². The molecular formula is C15H13F2NO2. The normalized spacial score (nSPS) is 11.9. The zero-order valence-corrected chi connectivity index (χ0v) is 10.7. The molecular weight excluding hydrogens is 264 g/mol. The minimum absolute atomic E-state index is 0.127. The number of carboxylic acid groups (broad SMARTS) is 1. The number of para-hydroxylation sites is 1. The van der Waals surface area contributed by atoms with Crippen LogP contribution in [0, 0.1) is 11.6 Å². The fraction of sp³-hybridized carbons (Fsp3) is 0.133. The van der Waals surface area contributed by atoms with Crippen molar-refractivity contribution in [3.8, 4) is 0 Å². The summed E-state index contributed by atoms with van der Waals surface area (Å²) < 4.78 is 26.1. The van der Waals surface area contributed by atoms with Gasteiger partial charge in [-0.05, 0) is 36.8 Å². The molecule has 0 heterocycles. The van der Waals surface area contributed by atoms with Gasteiger partial charge in [-0.3, -0.25) is 0 Å². The van der Waals surface area contributed by atoms with Gasteiger partial charge in [-0.1, -0.05) is 18.2 Å². The van der Waals surface area contributed by atoms with E-state index in [4.69, 9.17) is 5.11 Å². The summed E-state index contributed by atoms with van der Waals surface area (Å²) in [6, 6.07) is 9.67. The zero-order valence-electron chi connectivity index (χ0n) is 10.7. The highest BCUT2D eigenvalue weighted by atomic mass is 19.2. The highest BCUT2D eigenvalue weighted by Crippen LogP contribution is 2.23. The van der Waals surface area contributed by atoms with Crippen molar-refractivity contribution in [3.05, 3.63) is 65.2 Å². The minimum atomic E-state index is -1.05. The molecule has 0 amide bonds. The third kappa shape index (κ3) is 2.93. The smallest absolute Gasteiger partial charge is 0.337 e. The molecule has 2 rings (SSSR count). The molecule has 1 atom stereocenters. The summed E-state index contributed by atoms with van der Waals surface area (Å²) in [7, 11) is 0. The van der Waals surface area contributed by atoms with Crippen LogP contribution >= 0.6 is 0 Å². The lowest BCUT2D eigenvalue weighted by atomic mass is 10.1. The van der Waals surface area contributed by atoms with Gasteiger partial charge in [0.15, 0.2) is 11.6 Å². The standard InChI is InChI=1S/C15H13F2NO2/c1-9(10-6-7-12(16)13(17)8-10)18-14-5-3-2-4-11(14)15(19)20/h2-9,18H,1H3,(H,19,20). The quantitative estimate of drug-likeness (QED) is 0.892. The van der Waals surface area contributed by atoms with Gasteiger partial charge < -0.3 is 10.4 Å². The molecule has 0 fully saturated rings. The second-order valence-corrected chi connectivity index (χ2v) is 4.39. The van der Waals surface area contributed by atoms with Crippen LogP contribution < -0.4 is 5.32 Å². The van der Waals surface area contributed by atoms with Crippen LogP contribution in [0.15, 0.2) is 42.5 Å². The summed E-state index contributed by atoms with van der Waals surface area (Å²) in [4.78, 5) is 11.1. The van der Waals surface area contributed by atoms with E-state index in [1.165, 1.54) is 12.1 Å². The average Bonchev–Trinajstić information content (AvgIpc) is 2.42. The molecule has 0 aliphatic heterocycles. The Balaban J connectivity index is 2.25. The first-order valence-electron chi connectivity index (χ1n) is 6.03. The maximum absolute atomic E-state index is 13.2. The Morgan fingerprint density at radius 2 is 1.85 bits per heavy atom. The first-order chi connectivity index (χ1) is 9.49. The minimum Gasteiger partial charge on any atom is -0.478 e. The second-order valence-electron chi connectivity index (χ2n) is 4.39. The predicted molar refractivity (Wildman–Crippen MR) is 71.8 cm³/mol. The van der Waals surface area contributed by atoms with E-state index < -0.39 is 17.6 Å². The van der Waals surface area contributed by atoms with E-state index in [0.29, 0.717) is 11.3 Å². The molecule has 104 valence electrons. The van der Waals surface area contributed by atoms with E-state index in [0.717, 1.165) is 12.1 Å². The summed E-state index contributed by atoms with van der Waals surface area (Å²) in [5.74, 6) is -2.89. The molecule has 0 aliphatic carbocycles. The summed E-state index contributed by atoms with van der Waals surface area (Å²) in [5, 5.41) is 12.1. The third-order valence-electron chi connectivity index (χ3n) is 2.97. The lowest BCUT2D eigenvalue weighted by molar-refractivity contribution is 0.0698. The first kappa shape index (κ1) is 14.0. The molecule has 20 heavy (non-hydrogen) atoms. The Morgan fingerprint density at radius 1 is 1.15 bits per heavy atom. The Kier molecular flexibility index (Phi) is 3.98. The summed E-state index contributed by atoms with van der Waals surface area (Å²) in [5.41, 5.74) is 1.09. The van der Waals surface area contributed by atoms with Crippen molar-refractivity contribution in [2.24, 2.45) is 0 Å². The van der Waals surface area contributed by atoms with Gasteiger partial charge in [-0.25, -0.2) is 13.6 Å². The zero-order chi connectivity index (χ0) is 14.7. The Bertz CT molecular complexity index is 644. The topological polar surface area (TPSA) is 49.3 Å². The molecule has 1 unspecified atom stereocenters. The van der Waals surface area contributed by atoms with Gasteiger partial charge >= 0.3 is 5.97 Å². The SMILES string of the molecule is CC(Nc1ccccc1C(=O)O)c1ccc(F)c(F)c1. The van der Waals surface area contributed by atoms with Gasteiger partial charge in [0.1, 0.15) is 0 Å². The van der Waals surface area contributed by atoms with E-state index in [2.05, 4.69) is 5.32 Å². The van der Waals surface area contributed by atoms with Crippen LogP contribution in [0.25, 0.3) is 0 Å². The Labute approximate surface area is 114 Å². The largest absolute Gasteiger partial charge is 0.478 e. The molecule has 5 heteroatoms. The van der Waals surface area contributed by atoms with E-state index in [1.807, 2.05) is 0 Å². The Morgan fingerprint density at radius 3 is 2.50 bits per heavy atom. The van der Waals surface area contributed by atoms with Crippen LogP contribution in [0.1, 0.15) is 28.9 Å². The number of carbonyl (C=O) groups is 1. The van der Waals surface area contributed by atoms with Crippen molar-refractivity contribution in [3.63, 3.8) is 0 Å². The number of rotatable bonds is 4. The van der Waals surface area contributed by atoms with Crippen LogP contribution in [-0.4, -0.2) is 11.1 Å². The molecule has 0 saturated heterocycles. The van der Waals surface area contributed by atoms with E-state index in [1.54, 1.807) is 25.1 Å². The van der Waals surface area contributed by atoms with E-state index in [-0.39, 0.29) is 11.6 Å². The number of hydrogen-bond donors (Lipinski definition) is 2. The Hall–Kier alpha value is -2.43. The van der Waals surface area contributed by atoms with E-state index >= 15 is 0 Å². The third-order valence-corrected chi connectivity index (χ3v) is 2.97. The van der Waals surface area contributed by atoms with Crippen LogP contribution in [-0.2, 0) is 0 Å². The molecule has 0 aliphatic rings. The highest BCUT2D eigenvalue weighted by Gasteiger charge is 2.13. The molecule has 2 N–H and O–H groups in total. The average molecular weight is 277 g/mol. The van der Waals surface area contributed by atoms with Crippen molar-refractivity contribution < 1.29 is 18.7 Å². The number of benzene rings is 2. The van der Waals surface area contributed by atoms with Gasteiger partial charge in [0, 0.05) is 11.7 Å². The van der Waals surface area contributed by atoms with Gasteiger partial charge in [0.05, 0.1) is 5.56 Å². The molecule has 0 bridgehead atoms. The lowest BCUT2D eigenvalue weighted by Crippen LogP contribution is -2.11. The summed E-state index contributed by atoms with van der Waals surface area (Å²) in [6.07, 6.45) is 0. The van der Waals surface area contributed by atoms with Crippen molar-refractivity contribution in [2.75, 3.05) is 5.32 Å². The molecule has 0 spiro atoms.